The molecule has 0 saturated heterocycles. The Labute approximate surface area is 159 Å². The van der Waals surface area contributed by atoms with Crippen LogP contribution in [-0.4, -0.2) is 62.3 Å². The summed E-state index contributed by atoms with van der Waals surface area (Å²) in [7, 11) is 1.18. The van der Waals surface area contributed by atoms with Crippen LogP contribution in [0.1, 0.15) is 46.5 Å². The van der Waals surface area contributed by atoms with Crippen LogP contribution in [0.15, 0.2) is 0 Å². The van der Waals surface area contributed by atoms with Crippen molar-refractivity contribution in [2.75, 3.05) is 26.7 Å². The molecule has 10 heteroatoms. The van der Waals surface area contributed by atoms with Crippen molar-refractivity contribution in [2.24, 2.45) is 5.73 Å². The highest BCUT2D eigenvalue weighted by molar-refractivity contribution is 5.86. The number of hydrogen-bond donors (Lipinski definition) is 4. The van der Waals surface area contributed by atoms with Crippen molar-refractivity contribution in [2.45, 2.75) is 58.1 Å². The quantitative estimate of drug-likeness (QED) is 0.283. The summed E-state index contributed by atoms with van der Waals surface area (Å²) in [5, 5.41) is 7.40. The first-order valence-corrected chi connectivity index (χ1v) is 8.90. The number of nitrogens with two attached hydrogens (primary N) is 1. The maximum Gasteiger partial charge on any atom is 0.328 e. The lowest BCUT2D eigenvalue weighted by Crippen LogP contribution is -2.48. The highest BCUT2D eigenvalue weighted by Crippen LogP contribution is 2.06. The highest BCUT2D eigenvalue weighted by Gasteiger charge is 2.23. The monoisotopic (exact) mass is 388 g/mol. The number of carbonyl (C=O) groups excluding carboxylic acids is 4. The van der Waals surface area contributed by atoms with Crippen molar-refractivity contribution in [3.8, 4) is 0 Å². The Morgan fingerprint density at radius 3 is 2.30 bits per heavy atom. The van der Waals surface area contributed by atoms with Crippen molar-refractivity contribution in [1.82, 2.24) is 16.0 Å². The van der Waals surface area contributed by atoms with E-state index in [0.29, 0.717) is 13.1 Å². The van der Waals surface area contributed by atoms with Crippen molar-refractivity contribution in [3.05, 3.63) is 0 Å². The van der Waals surface area contributed by atoms with Gasteiger partial charge >= 0.3 is 18.0 Å². The number of methoxy groups -OCH3 is 1. The van der Waals surface area contributed by atoms with Gasteiger partial charge in [-0.2, -0.15) is 0 Å². The van der Waals surface area contributed by atoms with Crippen LogP contribution in [0.3, 0.4) is 0 Å². The third-order valence-corrected chi connectivity index (χ3v) is 3.22. The molecule has 1 unspecified atom stereocenters. The molecule has 0 aromatic heterocycles. The predicted molar refractivity (Wildman–Crippen MR) is 98.7 cm³/mol. The Morgan fingerprint density at radius 2 is 1.74 bits per heavy atom. The first-order chi connectivity index (χ1) is 12.6. The van der Waals surface area contributed by atoms with Crippen molar-refractivity contribution in [1.29, 1.82) is 0 Å². The summed E-state index contributed by atoms with van der Waals surface area (Å²) in [6.07, 6.45) is 1.68. The van der Waals surface area contributed by atoms with Crippen LogP contribution in [0.5, 0.6) is 0 Å². The summed E-state index contributed by atoms with van der Waals surface area (Å²) >= 11 is 0. The van der Waals surface area contributed by atoms with Gasteiger partial charge in [0.05, 0.1) is 7.11 Å². The largest absolute Gasteiger partial charge is 0.467 e. The molecule has 156 valence electrons. The van der Waals surface area contributed by atoms with Gasteiger partial charge in [-0.25, -0.2) is 9.59 Å². The van der Waals surface area contributed by atoms with Crippen LogP contribution in [0.2, 0.25) is 0 Å². The zero-order chi connectivity index (χ0) is 20.9. The number of nitrogens with one attached hydrogen (secondary N) is 3. The lowest BCUT2D eigenvalue weighted by atomic mass is 10.1. The minimum Gasteiger partial charge on any atom is -0.467 e. The van der Waals surface area contributed by atoms with Gasteiger partial charge in [-0.3, -0.25) is 9.59 Å². The van der Waals surface area contributed by atoms with Gasteiger partial charge in [0.1, 0.15) is 18.2 Å². The fourth-order valence-electron chi connectivity index (χ4n) is 1.99. The van der Waals surface area contributed by atoms with Gasteiger partial charge in [0.25, 0.3) is 0 Å². The number of ether oxygens (including phenoxy) is 2. The molecule has 0 spiro atoms. The van der Waals surface area contributed by atoms with Gasteiger partial charge in [0.2, 0.25) is 5.91 Å². The molecule has 27 heavy (non-hydrogen) atoms. The van der Waals surface area contributed by atoms with E-state index in [4.69, 9.17) is 10.5 Å². The Hall–Kier alpha value is -2.36. The first kappa shape index (κ1) is 24.6. The van der Waals surface area contributed by atoms with E-state index in [1.807, 2.05) is 0 Å². The molecule has 0 radical (unpaired) electrons. The van der Waals surface area contributed by atoms with Crippen LogP contribution < -0.4 is 21.7 Å². The number of amides is 3. The maximum absolute atomic E-state index is 11.9. The summed E-state index contributed by atoms with van der Waals surface area (Å²) in [4.78, 5) is 47.0. The molecule has 10 nitrogen and oxygen atoms in total. The number of rotatable bonds is 11. The second kappa shape index (κ2) is 12.9. The van der Waals surface area contributed by atoms with Crippen LogP contribution in [0.4, 0.5) is 4.79 Å². The van der Waals surface area contributed by atoms with Crippen LogP contribution in [-0.2, 0) is 23.9 Å². The van der Waals surface area contributed by atoms with E-state index in [9.17, 15) is 19.2 Å². The van der Waals surface area contributed by atoms with Gasteiger partial charge in [-0.05, 0) is 46.6 Å². The molecule has 1 atom stereocenters. The molecule has 0 heterocycles. The summed E-state index contributed by atoms with van der Waals surface area (Å²) in [5.74, 6) is -1.53. The summed E-state index contributed by atoms with van der Waals surface area (Å²) in [6.45, 7) is 5.84. The third kappa shape index (κ3) is 13.5. The van der Waals surface area contributed by atoms with Crippen molar-refractivity contribution < 1.29 is 28.7 Å². The lowest BCUT2D eigenvalue weighted by molar-refractivity contribution is -0.153. The van der Waals surface area contributed by atoms with E-state index >= 15 is 0 Å². The van der Waals surface area contributed by atoms with E-state index in [-0.39, 0.29) is 25.3 Å². The molecule has 5 N–H and O–H groups in total. The Morgan fingerprint density at radius 1 is 1.07 bits per heavy atom. The molecule has 0 bridgehead atoms. The molecule has 0 fully saturated rings. The standard InChI is InChI=1S/C17H32N4O6/c1-17(2,3)27-14(23)11-20-16(25)21-12(15(24)26-4)7-8-13(22)19-10-6-5-9-18/h12H,5-11,18H2,1-4H3,(H,19,22)(H2,20,21,25). The number of hydrogen-bond acceptors (Lipinski definition) is 7. The lowest BCUT2D eigenvalue weighted by Gasteiger charge is -2.20. The Bertz CT molecular complexity index is 504. The van der Waals surface area contributed by atoms with E-state index in [2.05, 4.69) is 20.7 Å². The molecule has 3 amide bonds. The fourth-order valence-corrected chi connectivity index (χ4v) is 1.99. The molecule has 0 rings (SSSR count). The van der Waals surface area contributed by atoms with Crippen LogP contribution in [0.25, 0.3) is 0 Å². The second-order valence-electron chi connectivity index (χ2n) is 6.87. The number of unbranched alkanes of at least 4 members (excludes halogenated alkanes) is 1. The van der Waals surface area contributed by atoms with E-state index in [0.717, 1.165) is 12.8 Å². The third-order valence-electron chi connectivity index (χ3n) is 3.22. The molecule has 0 aromatic carbocycles. The van der Waals surface area contributed by atoms with Crippen molar-refractivity contribution >= 4 is 23.9 Å². The van der Waals surface area contributed by atoms with Gasteiger partial charge in [-0.1, -0.05) is 0 Å². The smallest absolute Gasteiger partial charge is 0.328 e. The molecule has 0 aliphatic heterocycles. The summed E-state index contributed by atoms with van der Waals surface area (Å²) < 4.78 is 9.69. The maximum atomic E-state index is 11.9. The fraction of sp³-hybridized carbons (Fsp3) is 0.765. The zero-order valence-corrected chi connectivity index (χ0v) is 16.6. The number of carbonyl (C=O) groups is 4. The summed E-state index contributed by atoms with van der Waals surface area (Å²) in [6, 6.07) is -1.75. The Kier molecular flexibility index (Phi) is 11.8. The SMILES string of the molecule is COC(=O)C(CCC(=O)NCCCCN)NC(=O)NCC(=O)OC(C)(C)C. The van der Waals surface area contributed by atoms with Crippen molar-refractivity contribution in [3.63, 3.8) is 0 Å². The molecule has 0 saturated carbocycles. The van der Waals surface area contributed by atoms with Crippen LogP contribution >= 0.6 is 0 Å². The zero-order valence-electron chi connectivity index (χ0n) is 16.6. The molecule has 0 aliphatic rings. The normalized spacial score (nSPS) is 11.9. The number of esters is 2. The number of urea groups is 1. The first-order valence-electron chi connectivity index (χ1n) is 8.90. The Balaban J connectivity index is 4.36. The molecule has 0 aromatic rings. The molecular weight excluding hydrogens is 356 g/mol. The minimum atomic E-state index is -1.01. The second-order valence-corrected chi connectivity index (χ2v) is 6.87. The van der Waals surface area contributed by atoms with Gasteiger partial charge in [0.15, 0.2) is 0 Å². The molecule has 0 aliphatic carbocycles. The van der Waals surface area contributed by atoms with Gasteiger partial charge in [0, 0.05) is 13.0 Å². The van der Waals surface area contributed by atoms with Gasteiger partial charge < -0.3 is 31.2 Å². The minimum absolute atomic E-state index is 0.0364. The highest BCUT2D eigenvalue weighted by atomic mass is 16.6. The average molecular weight is 388 g/mol. The van der Waals surface area contributed by atoms with E-state index in [1.165, 1.54) is 7.11 Å². The average Bonchev–Trinajstić information content (AvgIpc) is 2.58. The topological polar surface area (TPSA) is 149 Å². The predicted octanol–water partition coefficient (Wildman–Crippen LogP) is -0.196. The molecular formula is C17H32N4O6. The van der Waals surface area contributed by atoms with E-state index < -0.39 is 29.6 Å². The van der Waals surface area contributed by atoms with Crippen LogP contribution in [0, 0.1) is 0 Å². The summed E-state index contributed by atoms with van der Waals surface area (Å²) in [5.41, 5.74) is 4.71. The van der Waals surface area contributed by atoms with E-state index in [1.54, 1.807) is 20.8 Å². The van der Waals surface area contributed by atoms with Gasteiger partial charge in [-0.15, -0.1) is 0 Å².